The van der Waals surface area contributed by atoms with Crippen molar-refractivity contribution in [1.29, 1.82) is 0 Å². The molecule has 1 aromatic heterocycles. The molecule has 1 fully saturated rings. The maximum absolute atomic E-state index is 12.8. The number of amides is 1. The summed E-state index contributed by atoms with van der Waals surface area (Å²) in [6.45, 7) is 15.1. The Morgan fingerprint density at radius 1 is 1.31 bits per heavy atom. The van der Waals surface area contributed by atoms with Gasteiger partial charge in [0, 0.05) is 18.6 Å². The number of aromatic nitrogens is 1. The topological polar surface area (TPSA) is 71.7 Å². The molecule has 1 aliphatic rings. The van der Waals surface area contributed by atoms with E-state index < -0.39 is 5.60 Å². The maximum atomic E-state index is 12.8. The van der Waals surface area contributed by atoms with Crippen molar-refractivity contribution in [3.63, 3.8) is 0 Å². The van der Waals surface area contributed by atoms with Gasteiger partial charge in [0.15, 0.2) is 0 Å². The number of ether oxygens (including phenoxy) is 1. The minimum atomic E-state index is -0.541. The fourth-order valence-corrected chi connectivity index (χ4v) is 3.24. The lowest BCUT2D eigenvalue weighted by Crippen LogP contribution is -2.50. The number of rotatable bonds is 3. The summed E-state index contributed by atoms with van der Waals surface area (Å²) in [5.41, 5.74) is 6.02. The molecule has 1 unspecified atom stereocenters. The van der Waals surface area contributed by atoms with E-state index in [2.05, 4.69) is 30.7 Å². The van der Waals surface area contributed by atoms with Crippen molar-refractivity contribution in [1.82, 2.24) is 9.88 Å². The van der Waals surface area contributed by atoms with Gasteiger partial charge in [-0.05, 0) is 79.0 Å². The third kappa shape index (κ3) is 5.87. The molecule has 6 heteroatoms. The zero-order chi connectivity index (χ0) is 19.5. The first-order chi connectivity index (χ1) is 12.0. The Morgan fingerprint density at radius 3 is 2.54 bits per heavy atom. The molecule has 1 atom stereocenters. The van der Waals surface area contributed by atoms with E-state index in [0.29, 0.717) is 18.3 Å². The van der Waals surface area contributed by atoms with Gasteiger partial charge in [0.1, 0.15) is 11.4 Å². The van der Waals surface area contributed by atoms with Gasteiger partial charge in [-0.3, -0.25) is 9.80 Å². The van der Waals surface area contributed by atoms with Crippen LogP contribution in [0.4, 0.5) is 16.3 Å². The number of pyridine rings is 1. The molecule has 0 aromatic carbocycles. The van der Waals surface area contributed by atoms with E-state index in [1.54, 1.807) is 17.2 Å². The zero-order valence-corrected chi connectivity index (χ0v) is 17.1. The first-order valence-electron chi connectivity index (χ1n) is 9.43. The van der Waals surface area contributed by atoms with Crippen molar-refractivity contribution < 1.29 is 9.53 Å². The quantitative estimate of drug-likeness (QED) is 0.882. The number of hydrogen-bond donors (Lipinski definition) is 1. The highest BCUT2D eigenvalue weighted by Crippen LogP contribution is 2.27. The third-order valence-electron chi connectivity index (χ3n) is 4.60. The minimum Gasteiger partial charge on any atom is -0.443 e. The van der Waals surface area contributed by atoms with Crippen LogP contribution in [0.1, 0.15) is 54.4 Å². The SMILES string of the molecule is CC(C)(C)OC(=O)N(CC1CCCN(C(C)(C)C)C1)c1ccc(N)nc1. The molecule has 0 saturated carbocycles. The highest BCUT2D eigenvalue weighted by molar-refractivity contribution is 5.87. The van der Waals surface area contributed by atoms with Crippen LogP contribution >= 0.6 is 0 Å². The van der Waals surface area contributed by atoms with Crippen molar-refractivity contribution >= 4 is 17.6 Å². The number of anilines is 2. The fourth-order valence-electron chi connectivity index (χ4n) is 3.24. The van der Waals surface area contributed by atoms with Crippen molar-refractivity contribution in [2.45, 2.75) is 65.5 Å². The Balaban J connectivity index is 2.18. The lowest BCUT2D eigenvalue weighted by molar-refractivity contribution is 0.0541. The fraction of sp³-hybridized carbons (Fsp3) is 0.700. The number of hydrogen-bond acceptors (Lipinski definition) is 5. The summed E-state index contributed by atoms with van der Waals surface area (Å²) < 4.78 is 5.63. The molecular weight excluding hydrogens is 328 g/mol. The Labute approximate surface area is 157 Å². The van der Waals surface area contributed by atoms with E-state index in [9.17, 15) is 4.79 Å². The summed E-state index contributed by atoms with van der Waals surface area (Å²) in [5, 5.41) is 0. The molecule has 26 heavy (non-hydrogen) atoms. The van der Waals surface area contributed by atoms with Gasteiger partial charge in [-0.15, -0.1) is 0 Å². The monoisotopic (exact) mass is 362 g/mol. The summed E-state index contributed by atoms with van der Waals surface area (Å²) in [6.07, 6.45) is 3.55. The molecule has 0 bridgehead atoms. The van der Waals surface area contributed by atoms with Gasteiger partial charge < -0.3 is 10.5 Å². The minimum absolute atomic E-state index is 0.137. The van der Waals surface area contributed by atoms with Gasteiger partial charge in [0.05, 0.1) is 11.9 Å². The van der Waals surface area contributed by atoms with Crippen LogP contribution in [0.3, 0.4) is 0 Å². The van der Waals surface area contributed by atoms with E-state index in [-0.39, 0.29) is 11.6 Å². The average Bonchev–Trinajstić information content (AvgIpc) is 2.51. The summed E-state index contributed by atoms with van der Waals surface area (Å²) in [4.78, 5) is 21.2. The number of carbonyl (C=O) groups is 1. The van der Waals surface area contributed by atoms with Crippen molar-refractivity contribution in [2.75, 3.05) is 30.3 Å². The Hall–Kier alpha value is -1.82. The van der Waals surface area contributed by atoms with Gasteiger partial charge in [0.2, 0.25) is 0 Å². The first kappa shape index (κ1) is 20.5. The second kappa shape index (κ2) is 7.82. The second-order valence-electron chi connectivity index (χ2n) is 9.16. The predicted molar refractivity (Wildman–Crippen MR) is 106 cm³/mol. The van der Waals surface area contributed by atoms with E-state index >= 15 is 0 Å². The number of nitrogens with zero attached hydrogens (tertiary/aromatic N) is 3. The largest absolute Gasteiger partial charge is 0.443 e. The zero-order valence-electron chi connectivity index (χ0n) is 17.1. The second-order valence-corrected chi connectivity index (χ2v) is 9.16. The smallest absolute Gasteiger partial charge is 0.414 e. The summed E-state index contributed by atoms with van der Waals surface area (Å²) >= 11 is 0. The summed E-state index contributed by atoms with van der Waals surface area (Å²) in [5.74, 6) is 0.836. The molecule has 146 valence electrons. The Morgan fingerprint density at radius 2 is 2.00 bits per heavy atom. The number of carbonyl (C=O) groups excluding carboxylic acids is 1. The lowest BCUT2D eigenvalue weighted by Gasteiger charge is -2.42. The summed E-state index contributed by atoms with van der Waals surface area (Å²) in [6, 6.07) is 3.55. The normalized spacial score (nSPS) is 19.2. The van der Waals surface area contributed by atoms with Crippen LogP contribution in [0.2, 0.25) is 0 Å². The van der Waals surface area contributed by atoms with Crippen LogP contribution in [0.25, 0.3) is 0 Å². The van der Waals surface area contributed by atoms with E-state index in [1.807, 2.05) is 26.8 Å². The number of nitrogen functional groups attached to an aromatic ring is 1. The average molecular weight is 363 g/mol. The first-order valence-corrected chi connectivity index (χ1v) is 9.43. The van der Waals surface area contributed by atoms with Gasteiger partial charge in [-0.1, -0.05) is 0 Å². The van der Waals surface area contributed by atoms with Crippen LogP contribution in [0, 0.1) is 5.92 Å². The van der Waals surface area contributed by atoms with Crippen LogP contribution in [-0.4, -0.2) is 46.8 Å². The van der Waals surface area contributed by atoms with Gasteiger partial charge in [0.25, 0.3) is 0 Å². The molecule has 1 amide bonds. The van der Waals surface area contributed by atoms with Gasteiger partial charge >= 0.3 is 6.09 Å². The van der Waals surface area contributed by atoms with E-state index in [4.69, 9.17) is 10.5 Å². The predicted octanol–water partition coefficient (Wildman–Crippen LogP) is 3.92. The number of nitrogens with two attached hydrogens (primary N) is 1. The Kier molecular flexibility index (Phi) is 6.17. The molecule has 0 aliphatic carbocycles. The van der Waals surface area contributed by atoms with E-state index in [0.717, 1.165) is 31.6 Å². The highest BCUT2D eigenvalue weighted by atomic mass is 16.6. The van der Waals surface area contributed by atoms with Crippen molar-refractivity contribution in [2.24, 2.45) is 5.92 Å². The molecule has 1 aromatic rings. The van der Waals surface area contributed by atoms with E-state index in [1.165, 1.54) is 0 Å². The van der Waals surface area contributed by atoms with Crippen LogP contribution < -0.4 is 10.6 Å². The molecule has 2 heterocycles. The van der Waals surface area contributed by atoms with Crippen molar-refractivity contribution in [3.05, 3.63) is 18.3 Å². The van der Waals surface area contributed by atoms with Gasteiger partial charge in [-0.25, -0.2) is 9.78 Å². The standard InChI is InChI=1S/C20H34N4O2/c1-19(2,3)23-11-7-8-15(13-23)14-24(18(25)26-20(4,5)6)16-9-10-17(21)22-12-16/h9-10,12,15H,7-8,11,13-14H2,1-6H3,(H2,21,22). The van der Waals surface area contributed by atoms with Crippen LogP contribution in [-0.2, 0) is 4.74 Å². The molecule has 2 N–H and O–H groups in total. The maximum Gasteiger partial charge on any atom is 0.414 e. The molecule has 1 saturated heterocycles. The number of likely N-dealkylation sites (tertiary alicyclic amines) is 1. The molecule has 6 nitrogen and oxygen atoms in total. The molecule has 0 spiro atoms. The lowest BCUT2D eigenvalue weighted by atomic mass is 9.93. The number of piperidine rings is 1. The molecule has 0 radical (unpaired) electrons. The van der Waals surface area contributed by atoms with Crippen molar-refractivity contribution in [3.8, 4) is 0 Å². The molecule has 1 aliphatic heterocycles. The van der Waals surface area contributed by atoms with Crippen LogP contribution in [0.5, 0.6) is 0 Å². The third-order valence-corrected chi connectivity index (χ3v) is 4.60. The van der Waals surface area contributed by atoms with Crippen LogP contribution in [0.15, 0.2) is 18.3 Å². The molecule has 2 rings (SSSR count). The Bertz CT molecular complexity index is 602. The molecular formula is C20H34N4O2. The van der Waals surface area contributed by atoms with Gasteiger partial charge in [-0.2, -0.15) is 0 Å². The highest BCUT2D eigenvalue weighted by Gasteiger charge is 2.31. The summed E-state index contributed by atoms with van der Waals surface area (Å²) in [7, 11) is 0.